The van der Waals surface area contributed by atoms with Gasteiger partial charge in [-0.2, -0.15) is 11.8 Å². The van der Waals surface area contributed by atoms with Gasteiger partial charge in [0.2, 0.25) is 0 Å². The monoisotopic (exact) mass is 284 g/mol. The average Bonchev–Trinajstić information content (AvgIpc) is 2.44. The molecule has 0 aromatic heterocycles. The Hall–Kier alpha value is -1.56. The van der Waals surface area contributed by atoms with Gasteiger partial charge in [0.15, 0.2) is 17.3 Å². The predicted molar refractivity (Wildman–Crippen MR) is 78.6 cm³/mol. The first-order valence-corrected chi connectivity index (χ1v) is 7.48. The predicted octanol–water partition coefficient (Wildman–Crippen LogP) is 2.31. The van der Waals surface area contributed by atoms with Gasteiger partial charge in [0.25, 0.3) is 0 Å². The number of hydrogen-bond acceptors (Lipinski definition) is 5. The number of nitrogens with two attached hydrogens (primary N) is 1. The zero-order valence-electron chi connectivity index (χ0n) is 11.3. The van der Waals surface area contributed by atoms with Crippen LogP contribution in [-0.4, -0.2) is 36.3 Å². The van der Waals surface area contributed by atoms with E-state index in [1.165, 1.54) is 0 Å². The van der Waals surface area contributed by atoms with E-state index in [2.05, 4.69) is 11.4 Å². The molecule has 0 spiro atoms. The molecule has 1 rings (SSSR count). The molecule has 0 bridgehead atoms. The van der Waals surface area contributed by atoms with Crippen LogP contribution in [0.15, 0.2) is 23.4 Å². The lowest BCUT2D eigenvalue weighted by Crippen LogP contribution is -2.13. The van der Waals surface area contributed by atoms with Crippen LogP contribution in [0.3, 0.4) is 0 Å². The molecular weight excluding hydrogens is 264 g/mol. The van der Waals surface area contributed by atoms with Crippen LogP contribution in [0.25, 0.3) is 0 Å². The van der Waals surface area contributed by atoms with Crippen molar-refractivity contribution < 1.29 is 14.7 Å². The topological polar surface area (TPSA) is 77.1 Å². The summed E-state index contributed by atoms with van der Waals surface area (Å²) in [6.45, 7) is 3.07. The van der Waals surface area contributed by atoms with Crippen molar-refractivity contribution in [2.45, 2.75) is 13.3 Å². The first-order valence-electron chi connectivity index (χ1n) is 6.09. The molecule has 0 aliphatic heterocycles. The maximum absolute atomic E-state index is 8.67. The zero-order valence-corrected chi connectivity index (χ0v) is 12.1. The Morgan fingerprint density at radius 2 is 2.16 bits per heavy atom. The van der Waals surface area contributed by atoms with Gasteiger partial charge in [0, 0.05) is 5.56 Å². The molecule has 0 saturated heterocycles. The van der Waals surface area contributed by atoms with Gasteiger partial charge < -0.3 is 20.4 Å². The van der Waals surface area contributed by atoms with Crippen molar-refractivity contribution in [2.24, 2.45) is 10.9 Å². The van der Waals surface area contributed by atoms with Crippen LogP contribution >= 0.6 is 11.8 Å². The molecule has 0 unspecified atom stereocenters. The largest absolute Gasteiger partial charge is 0.490 e. The maximum Gasteiger partial charge on any atom is 0.170 e. The Kier molecular flexibility index (Phi) is 6.95. The highest BCUT2D eigenvalue weighted by atomic mass is 32.2. The highest BCUT2D eigenvalue weighted by Crippen LogP contribution is 2.28. The number of thioether (sulfide) groups is 1. The van der Waals surface area contributed by atoms with Crippen LogP contribution < -0.4 is 15.2 Å². The fraction of sp³-hybridized carbons (Fsp3) is 0.462. The van der Waals surface area contributed by atoms with Crippen LogP contribution in [0.1, 0.15) is 18.9 Å². The molecular formula is C13H20N2O3S. The Labute approximate surface area is 117 Å². The van der Waals surface area contributed by atoms with Gasteiger partial charge in [-0.3, -0.25) is 0 Å². The number of rotatable bonds is 8. The van der Waals surface area contributed by atoms with E-state index >= 15 is 0 Å². The molecule has 0 heterocycles. The third kappa shape index (κ3) is 4.90. The van der Waals surface area contributed by atoms with Crippen molar-refractivity contribution in [3.63, 3.8) is 0 Å². The molecule has 3 N–H and O–H groups in total. The van der Waals surface area contributed by atoms with Crippen molar-refractivity contribution in [1.82, 2.24) is 0 Å². The number of hydrogen-bond donors (Lipinski definition) is 2. The Morgan fingerprint density at radius 1 is 1.37 bits per heavy atom. The van der Waals surface area contributed by atoms with Crippen LogP contribution in [0, 0.1) is 0 Å². The van der Waals surface area contributed by atoms with E-state index in [1.807, 2.05) is 6.92 Å². The third-order valence-electron chi connectivity index (χ3n) is 2.40. The van der Waals surface area contributed by atoms with E-state index in [0.29, 0.717) is 30.3 Å². The van der Waals surface area contributed by atoms with Crippen LogP contribution in [0.4, 0.5) is 0 Å². The smallest absolute Gasteiger partial charge is 0.170 e. The molecule has 0 atom stereocenters. The van der Waals surface area contributed by atoms with Gasteiger partial charge in [-0.05, 0) is 43.6 Å². The van der Waals surface area contributed by atoms with E-state index in [1.54, 1.807) is 30.0 Å². The number of amidine groups is 1. The van der Waals surface area contributed by atoms with E-state index in [0.717, 1.165) is 12.2 Å². The van der Waals surface area contributed by atoms with Crippen molar-refractivity contribution in [3.05, 3.63) is 23.8 Å². The van der Waals surface area contributed by atoms with Crippen molar-refractivity contribution >= 4 is 17.6 Å². The molecule has 0 saturated carbocycles. The average molecular weight is 284 g/mol. The molecule has 5 nitrogen and oxygen atoms in total. The van der Waals surface area contributed by atoms with Gasteiger partial charge in [-0.1, -0.05) is 5.16 Å². The molecule has 19 heavy (non-hydrogen) atoms. The van der Waals surface area contributed by atoms with Gasteiger partial charge in [-0.25, -0.2) is 0 Å². The summed E-state index contributed by atoms with van der Waals surface area (Å²) >= 11 is 1.79. The molecule has 106 valence electrons. The summed E-state index contributed by atoms with van der Waals surface area (Å²) in [5.74, 6) is 2.40. The quantitative estimate of drug-likeness (QED) is 0.252. The molecule has 0 aliphatic rings. The lowest BCUT2D eigenvalue weighted by atomic mass is 10.2. The molecule has 0 amide bonds. The van der Waals surface area contributed by atoms with Crippen LogP contribution in [0.5, 0.6) is 11.5 Å². The van der Waals surface area contributed by atoms with Crippen molar-refractivity contribution in [2.75, 3.05) is 25.2 Å². The van der Waals surface area contributed by atoms with Gasteiger partial charge >= 0.3 is 0 Å². The first kappa shape index (κ1) is 15.5. The van der Waals surface area contributed by atoms with Crippen LogP contribution in [-0.2, 0) is 0 Å². The second kappa shape index (κ2) is 8.53. The summed E-state index contributed by atoms with van der Waals surface area (Å²) in [6, 6.07) is 5.22. The number of benzene rings is 1. The van der Waals surface area contributed by atoms with E-state index in [4.69, 9.17) is 20.4 Å². The fourth-order valence-corrected chi connectivity index (χ4v) is 1.90. The van der Waals surface area contributed by atoms with Gasteiger partial charge in [-0.15, -0.1) is 0 Å². The molecule has 1 aromatic rings. The molecule has 0 aliphatic carbocycles. The number of oxime groups is 1. The molecule has 6 heteroatoms. The number of nitrogens with zero attached hydrogens (tertiary/aromatic N) is 1. The highest BCUT2D eigenvalue weighted by molar-refractivity contribution is 7.98. The summed E-state index contributed by atoms with van der Waals surface area (Å²) in [5.41, 5.74) is 6.15. The third-order valence-corrected chi connectivity index (χ3v) is 3.09. The maximum atomic E-state index is 8.67. The van der Waals surface area contributed by atoms with Crippen LogP contribution in [0.2, 0.25) is 0 Å². The summed E-state index contributed by atoms with van der Waals surface area (Å²) < 4.78 is 11.2. The van der Waals surface area contributed by atoms with Crippen molar-refractivity contribution in [1.29, 1.82) is 0 Å². The lowest BCUT2D eigenvalue weighted by molar-refractivity contribution is 0.277. The summed E-state index contributed by atoms with van der Waals surface area (Å²) in [6.07, 6.45) is 3.05. The Balaban J connectivity index is 2.79. The van der Waals surface area contributed by atoms with Crippen molar-refractivity contribution in [3.8, 4) is 11.5 Å². The Bertz CT molecular complexity index is 424. The van der Waals surface area contributed by atoms with E-state index in [-0.39, 0.29) is 5.84 Å². The minimum Gasteiger partial charge on any atom is -0.490 e. The number of ether oxygens (including phenoxy) is 2. The van der Waals surface area contributed by atoms with Gasteiger partial charge in [0.05, 0.1) is 13.2 Å². The normalized spacial score (nSPS) is 11.4. The minimum atomic E-state index is 0.0508. The second-order valence-electron chi connectivity index (χ2n) is 3.77. The summed E-state index contributed by atoms with van der Waals surface area (Å²) in [7, 11) is 0. The highest BCUT2D eigenvalue weighted by Gasteiger charge is 2.08. The van der Waals surface area contributed by atoms with Gasteiger partial charge in [0.1, 0.15) is 0 Å². The summed E-state index contributed by atoms with van der Waals surface area (Å²) in [4.78, 5) is 0. The first-order chi connectivity index (χ1) is 9.22. The fourth-order valence-electron chi connectivity index (χ4n) is 1.50. The zero-order chi connectivity index (χ0) is 14.1. The minimum absolute atomic E-state index is 0.0508. The molecule has 1 aromatic carbocycles. The van der Waals surface area contributed by atoms with E-state index in [9.17, 15) is 0 Å². The molecule has 0 fully saturated rings. The SMILES string of the molecule is CCOc1cc(/C(N)=N/O)ccc1OCCCSC. The summed E-state index contributed by atoms with van der Waals surface area (Å²) in [5, 5.41) is 11.6. The lowest BCUT2D eigenvalue weighted by Gasteiger charge is -2.13. The molecule has 0 radical (unpaired) electrons. The standard InChI is InChI=1S/C13H20N2O3S/c1-3-17-12-9-10(13(14)15-16)5-6-11(12)18-7-4-8-19-2/h5-6,9,16H,3-4,7-8H2,1-2H3,(H2,14,15). The van der Waals surface area contributed by atoms with E-state index < -0.39 is 0 Å². The second-order valence-corrected chi connectivity index (χ2v) is 4.76. The Morgan fingerprint density at radius 3 is 2.79 bits per heavy atom.